The van der Waals surface area contributed by atoms with Crippen molar-refractivity contribution in [3.05, 3.63) is 29.3 Å². The van der Waals surface area contributed by atoms with E-state index in [9.17, 15) is 0 Å². The number of rotatable bonds is 2. The highest BCUT2D eigenvalue weighted by Crippen LogP contribution is 2.21. The van der Waals surface area contributed by atoms with Crippen LogP contribution in [0.5, 0.6) is 0 Å². The van der Waals surface area contributed by atoms with Gasteiger partial charge in [-0.1, -0.05) is 18.0 Å². The molecule has 0 bridgehead atoms. The van der Waals surface area contributed by atoms with Gasteiger partial charge >= 0.3 is 0 Å². The Morgan fingerprint density at radius 2 is 2.17 bits per heavy atom. The zero-order chi connectivity index (χ0) is 8.39. The summed E-state index contributed by atoms with van der Waals surface area (Å²) < 4.78 is 3.23. The highest BCUT2D eigenvalue weighted by atomic mass is 32.2. The van der Waals surface area contributed by atoms with Gasteiger partial charge in [-0.3, -0.25) is 0 Å². The maximum atomic E-state index is 3.32. The van der Waals surface area contributed by atoms with Gasteiger partial charge in [0.1, 0.15) is 0 Å². The molecule has 0 unspecified atom stereocenters. The standard InChI is InChI=1S/C9H12N2S/c1-12-11-9-3-2-7-5-10-6-8(7)4-9/h2-4,10-11H,5-6H2,1H3. The molecule has 0 spiro atoms. The number of nitrogens with one attached hydrogen (secondary N) is 2. The first-order valence-corrected chi connectivity index (χ1v) is 5.24. The van der Waals surface area contributed by atoms with Crippen LogP contribution in [0.15, 0.2) is 18.2 Å². The molecule has 0 atom stereocenters. The molecule has 0 radical (unpaired) electrons. The van der Waals surface area contributed by atoms with Crippen LogP contribution in [0.25, 0.3) is 0 Å². The third kappa shape index (κ3) is 1.42. The van der Waals surface area contributed by atoms with Crippen LogP contribution in [-0.2, 0) is 13.1 Å². The van der Waals surface area contributed by atoms with Gasteiger partial charge in [0.15, 0.2) is 0 Å². The number of benzene rings is 1. The minimum atomic E-state index is 1.01. The number of fused-ring (bicyclic) bond motifs is 1. The lowest BCUT2D eigenvalue weighted by Gasteiger charge is -2.03. The third-order valence-electron chi connectivity index (χ3n) is 2.06. The quantitative estimate of drug-likeness (QED) is 0.680. The molecular formula is C9H12N2S. The van der Waals surface area contributed by atoms with E-state index in [1.807, 2.05) is 6.26 Å². The van der Waals surface area contributed by atoms with Gasteiger partial charge in [0.2, 0.25) is 0 Å². The number of anilines is 1. The Morgan fingerprint density at radius 1 is 1.33 bits per heavy atom. The molecule has 2 nitrogen and oxygen atoms in total. The first-order valence-electron chi connectivity index (χ1n) is 4.01. The van der Waals surface area contributed by atoms with Crippen molar-refractivity contribution in [1.82, 2.24) is 5.32 Å². The molecule has 0 saturated heterocycles. The average Bonchev–Trinajstić information content (AvgIpc) is 2.51. The smallest absolute Gasteiger partial charge is 0.0443 e. The van der Waals surface area contributed by atoms with Crippen molar-refractivity contribution in [2.75, 3.05) is 11.0 Å². The molecule has 0 aliphatic carbocycles. The molecule has 0 amide bonds. The van der Waals surface area contributed by atoms with E-state index in [2.05, 4.69) is 28.2 Å². The van der Waals surface area contributed by atoms with Crippen molar-refractivity contribution in [2.45, 2.75) is 13.1 Å². The number of hydrogen-bond donors (Lipinski definition) is 2. The van der Waals surface area contributed by atoms with E-state index in [-0.39, 0.29) is 0 Å². The van der Waals surface area contributed by atoms with E-state index in [0.717, 1.165) is 13.1 Å². The lowest BCUT2D eigenvalue weighted by Crippen LogP contribution is -1.99. The molecule has 2 N–H and O–H groups in total. The fraction of sp³-hybridized carbons (Fsp3) is 0.333. The summed E-state index contributed by atoms with van der Waals surface area (Å²) in [6, 6.07) is 6.53. The van der Waals surface area contributed by atoms with Crippen molar-refractivity contribution < 1.29 is 0 Å². The zero-order valence-corrected chi connectivity index (χ0v) is 7.87. The summed E-state index contributed by atoms with van der Waals surface area (Å²) in [5.41, 5.74) is 4.06. The summed E-state index contributed by atoms with van der Waals surface area (Å²) >= 11 is 1.63. The Hall–Kier alpha value is -0.670. The average molecular weight is 180 g/mol. The SMILES string of the molecule is CSNc1ccc2c(c1)CNC2. The van der Waals surface area contributed by atoms with Crippen LogP contribution in [0.4, 0.5) is 5.69 Å². The predicted octanol–water partition coefficient (Wildman–Crippen LogP) is 1.98. The van der Waals surface area contributed by atoms with Gasteiger partial charge in [-0.05, 0) is 23.3 Å². The Kier molecular flexibility index (Phi) is 2.23. The highest BCUT2D eigenvalue weighted by Gasteiger charge is 2.09. The molecule has 1 aliphatic heterocycles. The highest BCUT2D eigenvalue weighted by molar-refractivity contribution is 7.99. The third-order valence-corrected chi connectivity index (χ3v) is 2.50. The molecular weight excluding hydrogens is 168 g/mol. The fourth-order valence-electron chi connectivity index (χ4n) is 1.48. The Balaban J connectivity index is 2.26. The Morgan fingerprint density at radius 3 is 3.00 bits per heavy atom. The molecule has 64 valence electrons. The van der Waals surface area contributed by atoms with Gasteiger partial charge in [0, 0.05) is 25.0 Å². The normalized spacial score (nSPS) is 14.4. The molecule has 1 aromatic carbocycles. The Labute approximate surface area is 76.9 Å². The van der Waals surface area contributed by atoms with E-state index in [1.54, 1.807) is 11.9 Å². The second-order valence-electron chi connectivity index (χ2n) is 2.89. The van der Waals surface area contributed by atoms with E-state index < -0.39 is 0 Å². The molecule has 0 saturated carbocycles. The first-order chi connectivity index (χ1) is 5.90. The summed E-state index contributed by atoms with van der Waals surface area (Å²) in [5, 5.41) is 3.32. The summed E-state index contributed by atoms with van der Waals surface area (Å²) in [6.45, 7) is 2.04. The number of hydrogen-bond acceptors (Lipinski definition) is 3. The van der Waals surface area contributed by atoms with Crippen molar-refractivity contribution >= 4 is 17.6 Å². The van der Waals surface area contributed by atoms with E-state index in [1.165, 1.54) is 16.8 Å². The molecule has 0 aromatic heterocycles. The van der Waals surface area contributed by atoms with Crippen molar-refractivity contribution in [3.63, 3.8) is 0 Å². The van der Waals surface area contributed by atoms with E-state index in [0.29, 0.717) is 0 Å². The van der Waals surface area contributed by atoms with Gasteiger partial charge in [-0.15, -0.1) is 0 Å². The van der Waals surface area contributed by atoms with Gasteiger partial charge in [-0.2, -0.15) is 0 Å². The summed E-state index contributed by atoms with van der Waals surface area (Å²) in [7, 11) is 0. The van der Waals surface area contributed by atoms with Gasteiger partial charge < -0.3 is 10.0 Å². The lowest BCUT2D eigenvalue weighted by atomic mass is 10.1. The molecule has 1 aliphatic rings. The van der Waals surface area contributed by atoms with Crippen LogP contribution in [0.2, 0.25) is 0 Å². The van der Waals surface area contributed by atoms with Crippen LogP contribution in [0.3, 0.4) is 0 Å². The molecule has 2 rings (SSSR count). The lowest BCUT2D eigenvalue weighted by molar-refractivity contribution is 0.765. The molecule has 3 heteroatoms. The van der Waals surface area contributed by atoms with Crippen LogP contribution >= 0.6 is 11.9 Å². The van der Waals surface area contributed by atoms with E-state index in [4.69, 9.17) is 0 Å². The van der Waals surface area contributed by atoms with Gasteiger partial charge in [-0.25, -0.2) is 0 Å². The maximum absolute atomic E-state index is 3.32. The zero-order valence-electron chi connectivity index (χ0n) is 7.05. The molecule has 0 fully saturated rings. The largest absolute Gasteiger partial charge is 0.330 e. The monoisotopic (exact) mass is 180 g/mol. The minimum Gasteiger partial charge on any atom is -0.330 e. The molecule has 12 heavy (non-hydrogen) atoms. The minimum absolute atomic E-state index is 1.01. The van der Waals surface area contributed by atoms with Gasteiger partial charge in [0.05, 0.1) is 0 Å². The van der Waals surface area contributed by atoms with E-state index >= 15 is 0 Å². The summed E-state index contributed by atoms with van der Waals surface area (Å²) in [5.74, 6) is 0. The van der Waals surface area contributed by atoms with Crippen LogP contribution < -0.4 is 10.0 Å². The summed E-state index contributed by atoms with van der Waals surface area (Å²) in [6.07, 6.45) is 2.03. The topological polar surface area (TPSA) is 24.1 Å². The van der Waals surface area contributed by atoms with Gasteiger partial charge in [0.25, 0.3) is 0 Å². The Bertz CT molecular complexity index is 286. The first kappa shape index (κ1) is 7.95. The summed E-state index contributed by atoms with van der Waals surface area (Å²) in [4.78, 5) is 0. The maximum Gasteiger partial charge on any atom is 0.0443 e. The van der Waals surface area contributed by atoms with Crippen LogP contribution in [0.1, 0.15) is 11.1 Å². The van der Waals surface area contributed by atoms with Crippen molar-refractivity contribution in [3.8, 4) is 0 Å². The van der Waals surface area contributed by atoms with Crippen molar-refractivity contribution in [1.29, 1.82) is 0 Å². The predicted molar refractivity (Wildman–Crippen MR) is 54.1 cm³/mol. The van der Waals surface area contributed by atoms with Crippen LogP contribution in [0, 0.1) is 0 Å². The fourth-order valence-corrected chi connectivity index (χ4v) is 1.84. The molecule has 1 aromatic rings. The second kappa shape index (κ2) is 3.37. The molecule has 1 heterocycles. The van der Waals surface area contributed by atoms with Crippen molar-refractivity contribution in [2.24, 2.45) is 0 Å². The van der Waals surface area contributed by atoms with Crippen LogP contribution in [-0.4, -0.2) is 6.26 Å². The second-order valence-corrected chi connectivity index (χ2v) is 3.51.